The van der Waals surface area contributed by atoms with E-state index in [0.29, 0.717) is 52.4 Å². The van der Waals surface area contributed by atoms with Gasteiger partial charge < -0.3 is 14.3 Å². The van der Waals surface area contributed by atoms with Crippen LogP contribution in [0.4, 0.5) is 0 Å². The number of rotatable bonds is 9. The van der Waals surface area contributed by atoms with Crippen molar-refractivity contribution in [1.29, 1.82) is 0 Å². The molecule has 2 aromatic heterocycles. The molecule has 216 valence electrons. The van der Waals surface area contributed by atoms with Gasteiger partial charge in [0.25, 0.3) is 21.8 Å². The van der Waals surface area contributed by atoms with Crippen LogP contribution in [0.2, 0.25) is 5.15 Å². The molecule has 3 aromatic carbocycles. The standard InChI is InChI=1S/C30H26BrClN4O5S/c1-3-24-34-28(32)26(30(38)33-4-2)36(24)17-18-14-15-23-22(16-18)25(31)27(41-23)20-12-8-9-13-21(20)29(37)35-42(39,40)19-10-6-5-7-11-19/h5-16H,3-4,17H2,1-2H3,(H,33,38)(H,35,37). The van der Waals surface area contributed by atoms with E-state index in [2.05, 4.69) is 31.0 Å². The molecular formula is C30H26BrClN4O5S. The van der Waals surface area contributed by atoms with Gasteiger partial charge in [0.1, 0.15) is 22.9 Å². The van der Waals surface area contributed by atoms with Crippen LogP contribution in [-0.4, -0.2) is 36.3 Å². The van der Waals surface area contributed by atoms with E-state index in [1.807, 2.05) is 26.0 Å². The topological polar surface area (TPSA) is 123 Å². The van der Waals surface area contributed by atoms with Crippen molar-refractivity contribution in [2.45, 2.75) is 31.7 Å². The highest BCUT2D eigenvalue weighted by Gasteiger charge is 2.25. The minimum absolute atomic E-state index is 0.0194. The lowest BCUT2D eigenvalue weighted by Gasteiger charge is -2.11. The molecular weight excluding hydrogens is 644 g/mol. The fraction of sp³-hybridized carbons (Fsp3) is 0.167. The SMILES string of the molecule is CCNC(=O)c1c(Cl)nc(CC)n1Cc1ccc2oc(-c3ccccc3C(=O)NS(=O)(=O)c3ccccc3)c(Br)c2c1. The maximum Gasteiger partial charge on any atom is 0.271 e. The predicted octanol–water partition coefficient (Wildman–Crippen LogP) is 6.19. The first kappa shape index (κ1) is 29.6. The summed E-state index contributed by atoms with van der Waals surface area (Å²) in [7, 11) is -4.08. The molecule has 5 rings (SSSR count). The lowest BCUT2D eigenvalue weighted by atomic mass is 10.0. The molecule has 0 atom stereocenters. The Morgan fingerprint density at radius 1 is 1.00 bits per heavy atom. The Kier molecular flexibility index (Phi) is 8.53. The van der Waals surface area contributed by atoms with Crippen molar-refractivity contribution in [3.63, 3.8) is 0 Å². The molecule has 0 saturated heterocycles. The first-order valence-corrected chi connectivity index (χ1v) is 15.8. The summed E-state index contributed by atoms with van der Waals surface area (Å²) < 4.78 is 36.3. The quantitative estimate of drug-likeness (QED) is 0.193. The minimum Gasteiger partial charge on any atom is -0.455 e. The fourth-order valence-corrected chi connectivity index (χ4v) is 6.53. The van der Waals surface area contributed by atoms with Gasteiger partial charge in [-0.15, -0.1) is 0 Å². The lowest BCUT2D eigenvalue weighted by Crippen LogP contribution is -2.30. The van der Waals surface area contributed by atoms with E-state index in [1.54, 1.807) is 47.0 Å². The molecule has 0 aliphatic carbocycles. The van der Waals surface area contributed by atoms with Gasteiger partial charge in [0, 0.05) is 30.5 Å². The van der Waals surface area contributed by atoms with E-state index in [1.165, 1.54) is 18.2 Å². The second-order valence-electron chi connectivity index (χ2n) is 9.34. The Labute approximate surface area is 256 Å². The van der Waals surface area contributed by atoms with Crippen molar-refractivity contribution < 1.29 is 22.4 Å². The van der Waals surface area contributed by atoms with Crippen LogP contribution in [0.25, 0.3) is 22.3 Å². The molecule has 2 heterocycles. The number of furan rings is 1. The number of nitrogens with one attached hydrogen (secondary N) is 2. The Balaban J connectivity index is 1.50. The van der Waals surface area contributed by atoms with Crippen LogP contribution < -0.4 is 10.0 Å². The summed E-state index contributed by atoms with van der Waals surface area (Å²) in [6.45, 7) is 4.57. The van der Waals surface area contributed by atoms with E-state index < -0.39 is 15.9 Å². The van der Waals surface area contributed by atoms with Crippen molar-refractivity contribution in [3.05, 3.63) is 105 Å². The van der Waals surface area contributed by atoms with Crippen molar-refractivity contribution >= 4 is 60.3 Å². The molecule has 0 bridgehead atoms. The molecule has 5 aromatic rings. The van der Waals surface area contributed by atoms with Gasteiger partial charge in [0.15, 0.2) is 5.15 Å². The monoisotopic (exact) mass is 668 g/mol. The molecule has 0 spiro atoms. The molecule has 2 N–H and O–H groups in total. The number of halogens is 2. The zero-order valence-corrected chi connectivity index (χ0v) is 25.8. The van der Waals surface area contributed by atoms with Crippen LogP contribution in [-0.2, 0) is 23.0 Å². The number of aryl methyl sites for hydroxylation is 1. The molecule has 12 heteroatoms. The van der Waals surface area contributed by atoms with Gasteiger partial charge in [-0.05, 0) is 58.7 Å². The molecule has 9 nitrogen and oxygen atoms in total. The van der Waals surface area contributed by atoms with Crippen LogP contribution in [0.5, 0.6) is 0 Å². The highest BCUT2D eigenvalue weighted by molar-refractivity contribution is 9.10. The van der Waals surface area contributed by atoms with Crippen LogP contribution in [0.3, 0.4) is 0 Å². The Hall–Kier alpha value is -3.93. The molecule has 0 unspecified atom stereocenters. The number of hydrogen-bond acceptors (Lipinski definition) is 6. The number of carbonyl (C=O) groups excluding carboxylic acids is 2. The summed E-state index contributed by atoms with van der Waals surface area (Å²) >= 11 is 9.98. The first-order valence-electron chi connectivity index (χ1n) is 13.1. The number of amides is 2. The van der Waals surface area contributed by atoms with E-state index >= 15 is 0 Å². The average molecular weight is 670 g/mol. The summed E-state index contributed by atoms with van der Waals surface area (Å²) in [5.41, 5.74) is 2.26. The summed E-state index contributed by atoms with van der Waals surface area (Å²) in [6.07, 6.45) is 0.583. The molecule has 2 amide bonds. The summed E-state index contributed by atoms with van der Waals surface area (Å²) in [5, 5.41) is 3.67. The number of sulfonamides is 1. The van der Waals surface area contributed by atoms with E-state index in [4.69, 9.17) is 16.0 Å². The number of imidazole rings is 1. The van der Waals surface area contributed by atoms with Crippen molar-refractivity contribution in [1.82, 2.24) is 19.6 Å². The average Bonchev–Trinajstić information content (AvgIpc) is 3.48. The van der Waals surface area contributed by atoms with Gasteiger partial charge in [0.05, 0.1) is 14.9 Å². The Morgan fingerprint density at radius 3 is 2.43 bits per heavy atom. The van der Waals surface area contributed by atoms with Crippen molar-refractivity contribution in [3.8, 4) is 11.3 Å². The Bertz CT molecular complexity index is 1920. The summed E-state index contributed by atoms with van der Waals surface area (Å²) in [4.78, 5) is 30.3. The molecule has 0 aliphatic rings. The van der Waals surface area contributed by atoms with Gasteiger partial charge in [-0.2, -0.15) is 0 Å². The largest absolute Gasteiger partial charge is 0.455 e. The van der Waals surface area contributed by atoms with Crippen LogP contribution in [0.15, 0.2) is 86.6 Å². The number of hydrogen-bond donors (Lipinski definition) is 2. The zero-order chi connectivity index (χ0) is 30.0. The number of fused-ring (bicyclic) bond motifs is 1. The highest BCUT2D eigenvalue weighted by Crippen LogP contribution is 2.39. The van der Waals surface area contributed by atoms with Crippen molar-refractivity contribution in [2.24, 2.45) is 0 Å². The smallest absolute Gasteiger partial charge is 0.271 e. The number of benzene rings is 3. The van der Waals surface area contributed by atoms with E-state index in [9.17, 15) is 18.0 Å². The summed E-state index contributed by atoms with van der Waals surface area (Å²) in [5.74, 6) is -0.0391. The van der Waals surface area contributed by atoms with Crippen LogP contribution in [0.1, 0.15) is 46.1 Å². The van der Waals surface area contributed by atoms with Crippen LogP contribution in [0, 0.1) is 0 Å². The van der Waals surface area contributed by atoms with E-state index in [0.717, 1.165) is 10.9 Å². The van der Waals surface area contributed by atoms with Gasteiger partial charge >= 0.3 is 0 Å². The predicted molar refractivity (Wildman–Crippen MR) is 164 cm³/mol. The van der Waals surface area contributed by atoms with Crippen LogP contribution >= 0.6 is 27.5 Å². The van der Waals surface area contributed by atoms with Gasteiger partial charge in [0.2, 0.25) is 0 Å². The Morgan fingerprint density at radius 2 is 1.71 bits per heavy atom. The van der Waals surface area contributed by atoms with Gasteiger partial charge in [-0.1, -0.05) is 61.0 Å². The van der Waals surface area contributed by atoms with Crippen molar-refractivity contribution in [2.75, 3.05) is 6.54 Å². The summed E-state index contributed by atoms with van der Waals surface area (Å²) in [6, 6.07) is 19.9. The molecule has 0 fully saturated rings. The third-order valence-corrected chi connectivity index (χ3v) is 9.00. The van der Waals surface area contributed by atoms with Gasteiger partial charge in [-0.25, -0.2) is 18.1 Å². The highest BCUT2D eigenvalue weighted by atomic mass is 79.9. The molecule has 0 radical (unpaired) electrons. The molecule has 42 heavy (non-hydrogen) atoms. The molecule has 0 saturated carbocycles. The maximum atomic E-state index is 13.2. The molecule has 0 aliphatic heterocycles. The number of carbonyl (C=O) groups is 2. The maximum absolute atomic E-state index is 13.2. The number of nitrogens with zero attached hydrogens (tertiary/aromatic N) is 2. The third kappa shape index (κ3) is 5.72. The number of aromatic nitrogens is 2. The second-order valence-corrected chi connectivity index (χ2v) is 12.2. The minimum atomic E-state index is -4.08. The third-order valence-electron chi connectivity index (χ3n) is 6.60. The zero-order valence-electron chi connectivity index (χ0n) is 22.6. The fourth-order valence-electron chi connectivity index (χ4n) is 4.65. The first-order chi connectivity index (χ1) is 20.1. The van der Waals surface area contributed by atoms with E-state index in [-0.39, 0.29) is 21.5 Å². The van der Waals surface area contributed by atoms with Gasteiger partial charge in [-0.3, -0.25) is 9.59 Å². The second kappa shape index (κ2) is 12.1. The normalized spacial score (nSPS) is 11.5. The lowest BCUT2D eigenvalue weighted by molar-refractivity contribution is 0.0945.